The lowest BCUT2D eigenvalue weighted by molar-refractivity contribution is 0.0592. The smallest absolute Gasteiger partial charge is 0.358 e. The van der Waals surface area contributed by atoms with Crippen LogP contribution in [0.25, 0.3) is 0 Å². The van der Waals surface area contributed by atoms with Gasteiger partial charge in [-0.1, -0.05) is 15.9 Å². The predicted molar refractivity (Wildman–Crippen MR) is 47.2 cm³/mol. The third-order valence-electron chi connectivity index (χ3n) is 1.43. The minimum absolute atomic E-state index is 0.372. The number of hydrogen-bond acceptors (Lipinski definition) is 3. The highest BCUT2D eigenvalue weighted by Crippen LogP contribution is 2.11. The lowest BCUT2D eigenvalue weighted by Gasteiger charge is -1.94. The van der Waals surface area contributed by atoms with Gasteiger partial charge in [-0.15, -0.1) is 0 Å². The molecule has 0 radical (unpaired) electrons. The zero-order valence-electron chi connectivity index (χ0n) is 6.87. The van der Waals surface area contributed by atoms with E-state index in [9.17, 15) is 4.79 Å². The van der Waals surface area contributed by atoms with Crippen LogP contribution >= 0.6 is 15.9 Å². The van der Waals surface area contributed by atoms with Crippen LogP contribution in [0.15, 0.2) is 6.20 Å². The van der Waals surface area contributed by atoms with E-state index in [1.807, 2.05) is 0 Å². The van der Waals surface area contributed by atoms with Crippen LogP contribution in [0.2, 0.25) is 0 Å². The molecule has 0 aliphatic heterocycles. The topological polar surface area (TPSA) is 44.1 Å². The zero-order chi connectivity index (χ0) is 9.14. The fraction of sp³-hybridized carbons (Fsp3) is 0.429. The van der Waals surface area contributed by atoms with Crippen LogP contribution in [0.5, 0.6) is 0 Å². The fourth-order valence-electron chi connectivity index (χ4n) is 0.904. The highest BCUT2D eigenvalue weighted by atomic mass is 79.9. The number of hydrogen-bond donors (Lipinski definition) is 0. The standard InChI is InChI=1S/C7H9BrN2O2/c1-10-4-5(3-8)6(9-10)7(11)12-2/h4H,3H2,1-2H3. The maximum Gasteiger partial charge on any atom is 0.358 e. The largest absolute Gasteiger partial charge is 0.464 e. The predicted octanol–water partition coefficient (Wildman–Crippen LogP) is 1.10. The van der Waals surface area contributed by atoms with Crippen LogP contribution in [0.4, 0.5) is 0 Å². The molecule has 0 unspecified atom stereocenters. The molecular formula is C7H9BrN2O2. The molecule has 1 rings (SSSR count). The minimum atomic E-state index is -0.398. The number of nitrogens with zero attached hydrogens (tertiary/aromatic N) is 2. The van der Waals surface area contributed by atoms with Gasteiger partial charge in [0.1, 0.15) is 0 Å². The van der Waals surface area contributed by atoms with Gasteiger partial charge in [0.05, 0.1) is 7.11 Å². The van der Waals surface area contributed by atoms with Crippen LogP contribution in [0.1, 0.15) is 16.1 Å². The Kier molecular flexibility index (Phi) is 2.86. The third-order valence-corrected chi connectivity index (χ3v) is 2.03. The first-order valence-electron chi connectivity index (χ1n) is 3.36. The number of alkyl halides is 1. The fourth-order valence-corrected chi connectivity index (χ4v) is 1.31. The highest BCUT2D eigenvalue weighted by molar-refractivity contribution is 9.08. The number of esters is 1. The van der Waals surface area contributed by atoms with Gasteiger partial charge in [-0.2, -0.15) is 5.10 Å². The van der Waals surface area contributed by atoms with Crippen molar-refractivity contribution in [2.24, 2.45) is 7.05 Å². The molecule has 0 spiro atoms. The van der Waals surface area contributed by atoms with Gasteiger partial charge in [0.25, 0.3) is 0 Å². The molecule has 0 atom stereocenters. The average Bonchev–Trinajstić information content (AvgIpc) is 2.45. The van der Waals surface area contributed by atoms with Gasteiger partial charge in [0.2, 0.25) is 0 Å². The van der Waals surface area contributed by atoms with E-state index in [0.29, 0.717) is 11.0 Å². The number of halogens is 1. The maximum atomic E-state index is 11.1. The molecule has 0 N–H and O–H groups in total. The van der Waals surface area contributed by atoms with E-state index in [2.05, 4.69) is 25.8 Å². The lowest BCUT2D eigenvalue weighted by atomic mass is 10.3. The minimum Gasteiger partial charge on any atom is -0.464 e. The Labute approximate surface area is 78.6 Å². The summed E-state index contributed by atoms with van der Waals surface area (Å²) in [6.07, 6.45) is 1.78. The molecule has 0 aliphatic rings. The summed E-state index contributed by atoms with van der Waals surface area (Å²) in [5.74, 6) is -0.398. The molecular weight excluding hydrogens is 224 g/mol. The van der Waals surface area contributed by atoms with Gasteiger partial charge >= 0.3 is 5.97 Å². The summed E-state index contributed by atoms with van der Waals surface area (Å²) in [7, 11) is 3.10. The van der Waals surface area contributed by atoms with Crippen LogP contribution < -0.4 is 0 Å². The third kappa shape index (κ3) is 1.66. The van der Waals surface area contributed by atoms with E-state index in [-0.39, 0.29) is 0 Å². The number of rotatable bonds is 2. The van der Waals surface area contributed by atoms with Gasteiger partial charge in [-0.3, -0.25) is 4.68 Å². The van der Waals surface area contributed by atoms with Crippen molar-refractivity contribution in [1.29, 1.82) is 0 Å². The number of methoxy groups -OCH3 is 1. The Morgan fingerprint density at radius 1 is 1.83 bits per heavy atom. The molecule has 1 heterocycles. The summed E-state index contributed by atoms with van der Waals surface area (Å²) in [5.41, 5.74) is 1.21. The maximum absolute atomic E-state index is 11.1. The first-order valence-corrected chi connectivity index (χ1v) is 4.48. The second-order valence-electron chi connectivity index (χ2n) is 2.30. The zero-order valence-corrected chi connectivity index (χ0v) is 8.46. The number of carbonyl (C=O) groups is 1. The molecule has 1 aromatic heterocycles. The quantitative estimate of drug-likeness (QED) is 0.567. The summed E-state index contributed by atoms with van der Waals surface area (Å²) in [4.78, 5) is 11.1. The Morgan fingerprint density at radius 3 is 3.00 bits per heavy atom. The van der Waals surface area contributed by atoms with Crippen LogP contribution in [0.3, 0.4) is 0 Å². The van der Waals surface area contributed by atoms with E-state index >= 15 is 0 Å². The van der Waals surface area contributed by atoms with E-state index in [4.69, 9.17) is 0 Å². The number of aryl methyl sites for hydroxylation is 1. The van der Waals surface area contributed by atoms with Crippen LogP contribution in [0, 0.1) is 0 Å². The molecule has 0 saturated heterocycles. The first-order chi connectivity index (χ1) is 5.69. The Morgan fingerprint density at radius 2 is 2.50 bits per heavy atom. The molecule has 12 heavy (non-hydrogen) atoms. The van der Waals surface area contributed by atoms with E-state index in [1.54, 1.807) is 17.9 Å². The highest BCUT2D eigenvalue weighted by Gasteiger charge is 2.14. The molecule has 0 saturated carbocycles. The molecule has 0 bridgehead atoms. The van der Waals surface area contributed by atoms with Gasteiger partial charge < -0.3 is 4.74 Å². The van der Waals surface area contributed by atoms with E-state index in [0.717, 1.165) is 5.56 Å². The second-order valence-corrected chi connectivity index (χ2v) is 2.86. The van der Waals surface area contributed by atoms with E-state index < -0.39 is 5.97 Å². The SMILES string of the molecule is COC(=O)c1nn(C)cc1CBr. The summed E-state index contributed by atoms with van der Waals surface area (Å²) in [6, 6.07) is 0. The van der Waals surface area contributed by atoms with Gasteiger partial charge in [0, 0.05) is 24.1 Å². The normalized spacial score (nSPS) is 9.92. The van der Waals surface area contributed by atoms with Crippen molar-refractivity contribution in [1.82, 2.24) is 9.78 Å². The van der Waals surface area contributed by atoms with Gasteiger partial charge in [-0.05, 0) is 0 Å². The van der Waals surface area contributed by atoms with Crippen molar-refractivity contribution in [3.63, 3.8) is 0 Å². The van der Waals surface area contributed by atoms with Crippen LogP contribution in [-0.2, 0) is 17.1 Å². The number of carbonyl (C=O) groups excluding carboxylic acids is 1. The molecule has 0 fully saturated rings. The molecule has 0 aliphatic carbocycles. The van der Waals surface area contributed by atoms with Crippen molar-refractivity contribution in [2.45, 2.75) is 5.33 Å². The van der Waals surface area contributed by atoms with Crippen molar-refractivity contribution in [3.05, 3.63) is 17.5 Å². The van der Waals surface area contributed by atoms with Crippen molar-refractivity contribution >= 4 is 21.9 Å². The van der Waals surface area contributed by atoms with Crippen molar-refractivity contribution in [3.8, 4) is 0 Å². The summed E-state index contributed by atoms with van der Waals surface area (Å²) < 4.78 is 6.14. The van der Waals surface area contributed by atoms with Crippen molar-refractivity contribution in [2.75, 3.05) is 7.11 Å². The average molecular weight is 233 g/mol. The number of aromatic nitrogens is 2. The lowest BCUT2D eigenvalue weighted by Crippen LogP contribution is -2.05. The van der Waals surface area contributed by atoms with Crippen LogP contribution in [-0.4, -0.2) is 22.9 Å². The second kappa shape index (κ2) is 3.71. The molecule has 0 aromatic carbocycles. The molecule has 5 heteroatoms. The summed E-state index contributed by atoms with van der Waals surface area (Å²) in [5, 5.41) is 4.57. The van der Waals surface area contributed by atoms with Gasteiger partial charge in [0.15, 0.2) is 5.69 Å². The first kappa shape index (κ1) is 9.25. The van der Waals surface area contributed by atoms with Crippen molar-refractivity contribution < 1.29 is 9.53 Å². The Hall–Kier alpha value is -0.840. The summed E-state index contributed by atoms with van der Waals surface area (Å²) >= 11 is 3.26. The van der Waals surface area contributed by atoms with Gasteiger partial charge in [-0.25, -0.2) is 4.79 Å². The Bertz CT molecular complexity index is 296. The Balaban J connectivity index is 3.04. The molecule has 66 valence electrons. The monoisotopic (exact) mass is 232 g/mol. The molecule has 0 amide bonds. The molecule has 4 nitrogen and oxygen atoms in total. The number of ether oxygens (including phenoxy) is 1. The molecule has 1 aromatic rings. The van der Waals surface area contributed by atoms with E-state index in [1.165, 1.54) is 7.11 Å². The summed E-state index contributed by atoms with van der Waals surface area (Å²) in [6.45, 7) is 0.